The molecular formula is C17H16ClN5O3S2. The van der Waals surface area contributed by atoms with E-state index >= 15 is 0 Å². The number of amides is 1. The highest BCUT2D eigenvalue weighted by atomic mass is 35.5. The summed E-state index contributed by atoms with van der Waals surface area (Å²) in [6, 6.07) is 5.97. The lowest BCUT2D eigenvalue weighted by molar-refractivity contribution is -0.384. The van der Waals surface area contributed by atoms with Gasteiger partial charge in [0.15, 0.2) is 11.0 Å². The number of nitrogens with one attached hydrogen (secondary N) is 1. The average Bonchev–Trinajstić information content (AvgIpc) is 3.28. The Bertz CT molecular complexity index is 1030. The molecule has 146 valence electrons. The zero-order valence-corrected chi connectivity index (χ0v) is 17.4. The van der Waals surface area contributed by atoms with Gasteiger partial charge in [0.05, 0.1) is 21.4 Å². The lowest BCUT2D eigenvalue weighted by Gasteiger charge is -2.07. The molecule has 0 fully saturated rings. The van der Waals surface area contributed by atoms with Crippen molar-refractivity contribution in [1.29, 1.82) is 0 Å². The molecule has 0 unspecified atom stereocenters. The molecule has 0 saturated heterocycles. The number of thioether (sulfide) groups is 1. The number of hydrogen-bond acceptors (Lipinski definition) is 7. The summed E-state index contributed by atoms with van der Waals surface area (Å²) in [5.74, 6) is 0.454. The molecule has 0 radical (unpaired) electrons. The minimum absolute atomic E-state index is 0.0643. The van der Waals surface area contributed by atoms with Crippen molar-refractivity contribution in [2.45, 2.75) is 18.5 Å². The first kappa shape index (κ1) is 20.3. The third-order valence-corrected chi connectivity index (χ3v) is 6.29. The third-order valence-electron chi connectivity index (χ3n) is 3.86. The number of thiophene rings is 1. The van der Waals surface area contributed by atoms with Gasteiger partial charge in [-0.25, -0.2) is 0 Å². The molecule has 28 heavy (non-hydrogen) atoms. The number of non-ortho nitro benzene ring substituents is 1. The summed E-state index contributed by atoms with van der Waals surface area (Å²) < 4.78 is 1.83. The number of benzene rings is 1. The zero-order chi connectivity index (χ0) is 20.3. The number of nitro groups is 1. The molecule has 0 aliphatic carbocycles. The molecule has 8 nitrogen and oxygen atoms in total. The van der Waals surface area contributed by atoms with Crippen LogP contribution in [0.4, 0.5) is 11.4 Å². The summed E-state index contributed by atoms with van der Waals surface area (Å²) in [6.45, 7) is 2.10. The fourth-order valence-corrected chi connectivity index (χ4v) is 4.10. The van der Waals surface area contributed by atoms with Crippen LogP contribution in [-0.4, -0.2) is 31.3 Å². The van der Waals surface area contributed by atoms with E-state index < -0.39 is 4.92 Å². The number of carbonyl (C=O) groups excluding carboxylic acids is 1. The Morgan fingerprint density at radius 3 is 2.86 bits per heavy atom. The van der Waals surface area contributed by atoms with E-state index in [0.29, 0.717) is 5.16 Å². The summed E-state index contributed by atoms with van der Waals surface area (Å²) in [7, 11) is 1.84. The molecule has 0 atom stereocenters. The number of rotatable bonds is 7. The van der Waals surface area contributed by atoms with E-state index in [1.807, 2.05) is 17.0 Å². The van der Waals surface area contributed by atoms with Crippen molar-refractivity contribution in [3.63, 3.8) is 0 Å². The molecule has 0 spiro atoms. The number of hydrogen-bond donors (Lipinski definition) is 1. The van der Waals surface area contributed by atoms with E-state index in [0.717, 1.165) is 17.8 Å². The molecule has 1 aromatic carbocycles. The van der Waals surface area contributed by atoms with Gasteiger partial charge in [-0.15, -0.1) is 21.5 Å². The van der Waals surface area contributed by atoms with Gasteiger partial charge in [-0.3, -0.25) is 14.9 Å². The highest BCUT2D eigenvalue weighted by molar-refractivity contribution is 7.99. The quantitative estimate of drug-likeness (QED) is 0.334. The smallest absolute Gasteiger partial charge is 0.271 e. The average molecular weight is 438 g/mol. The first-order chi connectivity index (χ1) is 13.4. The van der Waals surface area contributed by atoms with Crippen LogP contribution in [0.1, 0.15) is 11.8 Å². The van der Waals surface area contributed by atoms with Crippen molar-refractivity contribution >= 4 is 52.0 Å². The summed E-state index contributed by atoms with van der Waals surface area (Å²) in [5, 5.41) is 24.7. The minimum atomic E-state index is -0.545. The summed E-state index contributed by atoms with van der Waals surface area (Å²) in [5.41, 5.74) is 1.05. The molecule has 2 aromatic heterocycles. The fourth-order valence-electron chi connectivity index (χ4n) is 2.41. The summed E-state index contributed by atoms with van der Waals surface area (Å²) in [4.78, 5) is 23.8. The highest BCUT2D eigenvalue weighted by Gasteiger charge is 2.16. The van der Waals surface area contributed by atoms with Crippen molar-refractivity contribution < 1.29 is 9.72 Å². The molecule has 2 heterocycles. The molecule has 3 rings (SSSR count). The van der Waals surface area contributed by atoms with Crippen LogP contribution in [0.3, 0.4) is 0 Å². The molecule has 0 saturated carbocycles. The van der Waals surface area contributed by atoms with Gasteiger partial charge < -0.3 is 9.88 Å². The topological polar surface area (TPSA) is 103 Å². The van der Waals surface area contributed by atoms with Gasteiger partial charge in [0.2, 0.25) is 5.91 Å². The van der Waals surface area contributed by atoms with Crippen LogP contribution in [0.25, 0.3) is 11.4 Å². The van der Waals surface area contributed by atoms with Gasteiger partial charge in [0.25, 0.3) is 5.69 Å². The first-order valence-corrected chi connectivity index (χ1v) is 10.5. The van der Waals surface area contributed by atoms with Crippen LogP contribution < -0.4 is 5.32 Å². The highest BCUT2D eigenvalue weighted by Crippen LogP contribution is 2.29. The van der Waals surface area contributed by atoms with Crippen molar-refractivity contribution in [1.82, 2.24) is 14.8 Å². The SMILES string of the molecule is CCc1cc(-c2nnc(SCC(=O)Nc3cc([N+](=O)[O-])ccc3Cl)n2C)cs1. The molecule has 3 aromatic rings. The molecule has 0 bridgehead atoms. The van der Waals surface area contributed by atoms with E-state index in [2.05, 4.69) is 28.5 Å². The van der Waals surface area contributed by atoms with Gasteiger partial charge in [-0.05, 0) is 18.6 Å². The maximum absolute atomic E-state index is 12.2. The predicted molar refractivity (Wildman–Crippen MR) is 111 cm³/mol. The second-order valence-corrected chi connectivity index (χ2v) is 8.12. The van der Waals surface area contributed by atoms with Crippen molar-refractivity contribution in [3.05, 3.63) is 49.7 Å². The Hall–Kier alpha value is -2.43. The first-order valence-electron chi connectivity index (χ1n) is 8.22. The van der Waals surface area contributed by atoms with E-state index in [1.54, 1.807) is 11.3 Å². The second-order valence-electron chi connectivity index (χ2n) is 5.78. The van der Waals surface area contributed by atoms with Crippen LogP contribution in [0.2, 0.25) is 5.02 Å². The maximum atomic E-state index is 12.2. The van der Waals surface area contributed by atoms with Gasteiger partial charge in [0.1, 0.15) is 0 Å². The fraction of sp³-hybridized carbons (Fsp3) is 0.235. The van der Waals surface area contributed by atoms with Gasteiger partial charge in [-0.2, -0.15) is 0 Å². The predicted octanol–water partition coefficient (Wildman–Crippen LogP) is 4.40. The van der Waals surface area contributed by atoms with Crippen LogP contribution >= 0.6 is 34.7 Å². The van der Waals surface area contributed by atoms with Gasteiger partial charge >= 0.3 is 0 Å². The van der Waals surface area contributed by atoms with Gasteiger partial charge in [0, 0.05) is 35.0 Å². The Morgan fingerprint density at radius 2 is 2.18 bits per heavy atom. The number of nitrogens with zero attached hydrogens (tertiary/aromatic N) is 4. The second kappa shape index (κ2) is 8.72. The van der Waals surface area contributed by atoms with Gasteiger partial charge in [-0.1, -0.05) is 30.3 Å². The summed E-state index contributed by atoms with van der Waals surface area (Å²) >= 11 is 8.90. The largest absolute Gasteiger partial charge is 0.324 e. The zero-order valence-electron chi connectivity index (χ0n) is 15.0. The van der Waals surface area contributed by atoms with Crippen LogP contribution in [0.5, 0.6) is 0 Å². The lowest BCUT2D eigenvalue weighted by atomic mass is 10.2. The van der Waals surface area contributed by atoms with Crippen LogP contribution in [0, 0.1) is 10.1 Å². The van der Waals surface area contributed by atoms with Crippen molar-refractivity contribution in [3.8, 4) is 11.4 Å². The van der Waals surface area contributed by atoms with Crippen molar-refractivity contribution in [2.24, 2.45) is 7.05 Å². The lowest BCUT2D eigenvalue weighted by Crippen LogP contribution is -2.15. The number of anilines is 1. The maximum Gasteiger partial charge on any atom is 0.271 e. The Balaban J connectivity index is 1.65. The van der Waals surface area contributed by atoms with Crippen LogP contribution in [-0.2, 0) is 18.3 Å². The molecule has 11 heteroatoms. The number of nitro benzene ring substituents is 1. The van der Waals surface area contributed by atoms with E-state index in [-0.39, 0.29) is 28.1 Å². The molecular weight excluding hydrogens is 422 g/mol. The normalized spacial score (nSPS) is 10.8. The Morgan fingerprint density at radius 1 is 1.39 bits per heavy atom. The number of aromatic nitrogens is 3. The molecule has 1 amide bonds. The molecule has 1 N–H and O–H groups in total. The number of aryl methyl sites for hydroxylation is 1. The minimum Gasteiger partial charge on any atom is -0.324 e. The molecule has 0 aliphatic rings. The summed E-state index contributed by atoms with van der Waals surface area (Å²) in [6.07, 6.45) is 0.963. The van der Waals surface area contributed by atoms with E-state index in [9.17, 15) is 14.9 Å². The monoisotopic (exact) mass is 437 g/mol. The number of carbonyl (C=O) groups is 1. The Labute approximate surface area is 174 Å². The van der Waals surface area contributed by atoms with Crippen molar-refractivity contribution in [2.75, 3.05) is 11.1 Å². The standard InChI is InChI=1S/C17H16ClN5O3S2/c1-3-12-6-10(8-27-12)16-20-21-17(22(16)2)28-9-15(24)19-14-7-11(23(25)26)4-5-13(14)18/h4-8H,3,9H2,1-2H3,(H,19,24). The number of halogens is 1. The van der Waals surface area contributed by atoms with E-state index in [4.69, 9.17) is 11.6 Å². The molecule has 0 aliphatic heterocycles. The Kier molecular flexibility index (Phi) is 6.32. The third kappa shape index (κ3) is 4.51. The van der Waals surface area contributed by atoms with E-state index in [1.165, 1.54) is 34.8 Å². The van der Waals surface area contributed by atoms with Crippen LogP contribution in [0.15, 0.2) is 34.8 Å².